The highest BCUT2D eigenvalue weighted by molar-refractivity contribution is 9.10. The van der Waals surface area contributed by atoms with Crippen molar-refractivity contribution >= 4 is 15.9 Å². The minimum absolute atomic E-state index is 0.0343. The van der Waals surface area contributed by atoms with Crippen molar-refractivity contribution in [1.82, 2.24) is 9.55 Å². The molecule has 0 radical (unpaired) electrons. The van der Waals surface area contributed by atoms with Crippen LogP contribution in [0.1, 0.15) is 19.7 Å². The Balaban J connectivity index is 2.51. The summed E-state index contributed by atoms with van der Waals surface area (Å²) in [5.74, 6) is 0.998. The van der Waals surface area contributed by atoms with Gasteiger partial charge in [-0.3, -0.25) is 0 Å². The highest BCUT2D eigenvalue weighted by atomic mass is 79.9. The van der Waals surface area contributed by atoms with Gasteiger partial charge in [0.05, 0.1) is 12.1 Å². The smallest absolute Gasteiger partial charge is 0.136 e. The van der Waals surface area contributed by atoms with Gasteiger partial charge in [0.2, 0.25) is 0 Å². The Morgan fingerprint density at radius 3 is 3.08 bits per heavy atom. The summed E-state index contributed by atoms with van der Waals surface area (Å²) in [6, 6.07) is 0. The van der Waals surface area contributed by atoms with E-state index in [1.165, 1.54) is 0 Å². The first-order valence-corrected chi connectivity index (χ1v) is 4.71. The third kappa shape index (κ3) is 1.19. The van der Waals surface area contributed by atoms with Crippen LogP contribution in [0.25, 0.3) is 0 Å². The number of ether oxygens (including phenoxy) is 1. The molecule has 0 saturated carbocycles. The number of aromatic nitrogens is 2. The Bertz CT molecular complexity index is 306. The van der Waals surface area contributed by atoms with Crippen LogP contribution in [-0.4, -0.2) is 16.2 Å². The van der Waals surface area contributed by atoms with Crippen LogP contribution in [0.3, 0.4) is 0 Å². The first-order valence-electron chi connectivity index (χ1n) is 3.91. The van der Waals surface area contributed by atoms with Crippen molar-refractivity contribution in [3.8, 4) is 0 Å². The molecular weight excluding hydrogens is 220 g/mol. The van der Waals surface area contributed by atoms with Crippen LogP contribution in [0.5, 0.6) is 0 Å². The van der Waals surface area contributed by atoms with Crippen molar-refractivity contribution < 1.29 is 4.74 Å². The minimum atomic E-state index is 0.0343. The molecule has 4 heteroatoms. The average Bonchev–Trinajstić information content (AvgIpc) is 2.30. The fourth-order valence-electron chi connectivity index (χ4n) is 1.47. The van der Waals surface area contributed by atoms with Gasteiger partial charge in [-0.1, -0.05) is 0 Å². The third-order valence-electron chi connectivity index (χ3n) is 2.09. The van der Waals surface area contributed by atoms with Crippen molar-refractivity contribution in [2.75, 3.05) is 6.61 Å². The molecule has 0 fully saturated rings. The molecule has 1 aromatic heterocycles. The van der Waals surface area contributed by atoms with Crippen LogP contribution in [0.4, 0.5) is 0 Å². The van der Waals surface area contributed by atoms with E-state index in [0.717, 1.165) is 17.0 Å². The van der Waals surface area contributed by atoms with Crippen molar-refractivity contribution in [1.29, 1.82) is 0 Å². The van der Waals surface area contributed by atoms with Crippen molar-refractivity contribution in [2.45, 2.75) is 26.0 Å². The van der Waals surface area contributed by atoms with E-state index < -0.39 is 0 Å². The van der Waals surface area contributed by atoms with E-state index in [9.17, 15) is 0 Å². The molecule has 0 unspecified atom stereocenters. The molecule has 12 heavy (non-hydrogen) atoms. The van der Waals surface area contributed by atoms with Gasteiger partial charge in [-0.25, -0.2) is 4.98 Å². The predicted octanol–water partition coefficient (Wildman–Crippen LogP) is 1.91. The van der Waals surface area contributed by atoms with Gasteiger partial charge in [-0.2, -0.15) is 0 Å². The second kappa shape index (κ2) is 2.57. The molecule has 2 heterocycles. The van der Waals surface area contributed by atoms with E-state index in [2.05, 4.69) is 39.3 Å². The second-order valence-corrected chi connectivity index (χ2v) is 4.47. The SMILES string of the molecule is CC1(C)COCc2nc(Br)cn21. The molecule has 0 aliphatic carbocycles. The highest BCUT2D eigenvalue weighted by Crippen LogP contribution is 2.25. The first-order chi connectivity index (χ1) is 5.59. The van der Waals surface area contributed by atoms with E-state index in [-0.39, 0.29) is 5.54 Å². The molecule has 1 aliphatic heterocycles. The maximum atomic E-state index is 5.42. The number of hydrogen-bond donors (Lipinski definition) is 0. The average molecular weight is 231 g/mol. The maximum Gasteiger partial charge on any atom is 0.136 e. The van der Waals surface area contributed by atoms with Gasteiger partial charge in [0.1, 0.15) is 17.0 Å². The van der Waals surface area contributed by atoms with Gasteiger partial charge >= 0.3 is 0 Å². The number of fused-ring (bicyclic) bond motifs is 1. The van der Waals surface area contributed by atoms with Crippen LogP contribution in [0.15, 0.2) is 10.8 Å². The Morgan fingerprint density at radius 2 is 2.42 bits per heavy atom. The lowest BCUT2D eigenvalue weighted by Gasteiger charge is -2.32. The van der Waals surface area contributed by atoms with Crippen LogP contribution in [-0.2, 0) is 16.9 Å². The van der Waals surface area contributed by atoms with Gasteiger partial charge < -0.3 is 9.30 Å². The molecule has 0 saturated heterocycles. The van der Waals surface area contributed by atoms with Crippen LogP contribution in [0.2, 0.25) is 0 Å². The number of imidazole rings is 1. The number of nitrogens with zero attached hydrogens (tertiary/aromatic N) is 2. The van der Waals surface area contributed by atoms with E-state index in [0.29, 0.717) is 6.61 Å². The molecule has 1 aliphatic rings. The Labute approximate surface area is 79.9 Å². The summed E-state index contributed by atoms with van der Waals surface area (Å²) >= 11 is 3.36. The van der Waals surface area contributed by atoms with Crippen LogP contribution in [0, 0.1) is 0 Å². The predicted molar refractivity (Wildman–Crippen MR) is 48.9 cm³/mol. The third-order valence-corrected chi connectivity index (χ3v) is 2.47. The van der Waals surface area contributed by atoms with Gasteiger partial charge in [-0.05, 0) is 29.8 Å². The van der Waals surface area contributed by atoms with Crippen molar-refractivity contribution in [2.24, 2.45) is 0 Å². The standard InChI is InChI=1S/C8H11BrN2O/c1-8(2)5-12-4-7-10-6(9)3-11(7)8/h3H,4-5H2,1-2H3. The Morgan fingerprint density at radius 1 is 1.67 bits per heavy atom. The van der Waals surface area contributed by atoms with Gasteiger partial charge in [-0.15, -0.1) is 0 Å². The molecule has 0 N–H and O–H groups in total. The number of halogens is 1. The van der Waals surface area contributed by atoms with Crippen molar-refractivity contribution in [3.05, 3.63) is 16.6 Å². The molecule has 66 valence electrons. The largest absolute Gasteiger partial charge is 0.371 e. The quantitative estimate of drug-likeness (QED) is 0.681. The van der Waals surface area contributed by atoms with Gasteiger partial charge in [0.15, 0.2) is 0 Å². The monoisotopic (exact) mass is 230 g/mol. The van der Waals surface area contributed by atoms with Gasteiger partial charge in [0.25, 0.3) is 0 Å². The van der Waals surface area contributed by atoms with Gasteiger partial charge in [0, 0.05) is 6.20 Å². The normalized spacial score (nSPS) is 20.6. The Kier molecular flexibility index (Phi) is 1.77. The van der Waals surface area contributed by atoms with E-state index in [1.54, 1.807) is 0 Å². The number of hydrogen-bond acceptors (Lipinski definition) is 2. The lowest BCUT2D eigenvalue weighted by atomic mass is 10.1. The summed E-state index contributed by atoms with van der Waals surface area (Å²) in [5, 5.41) is 0. The van der Waals surface area contributed by atoms with Crippen LogP contribution >= 0.6 is 15.9 Å². The summed E-state index contributed by atoms with van der Waals surface area (Å²) in [6.45, 7) is 5.66. The molecule has 3 nitrogen and oxygen atoms in total. The molecule has 1 aromatic rings. The molecular formula is C8H11BrN2O. The molecule has 0 amide bonds. The van der Waals surface area contributed by atoms with Crippen LogP contribution < -0.4 is 0 Å². The van der Waals surface area contributed by atoms with E-state index in [4.69, 9.17) is 4.74 Å². The lowest BCUT2D eigenvalue weighted by molar-refractivity contribution is 0.0182. The summed E-state index contributed by atoms with van der Waals surface area (Å²) in [7, 11) is 0. The fourth-order valence-corrected chi connectivity index (χ4v) is 1.88. The molecule has 0 spiro atoms. The maximum absolute atomic E-state index is 5.42. The molecule has 0 bridgehead atoms. The fraction of sp³-hybridized carbons (Fsp3) is 0.625. The zero-order chi connectivity index (χ0) is 8.77. The minimum Gasteiger partial charge on any atom is -0.371 e. The molecule has 2 rings (SSSR count). The summed E-state index contributed by atoms with van der Waals surface area (Å²) in [4.78, 5) is 4.30. The van der Waals surface area contributed by atoms with E-state index >= 15 is 0 Å². The first kappa shape index (κ1) is 8.26. The zero-order valence-electron chi connectivity index (χ0n) is 7.17. The zero-order valence-corrected chi connectivity index (χ0v) is 8.76. The van der Waals surface area contributed by atoms with E-state index in [1.807, 2.05) is 6.20 Å². The summed E-state index contributed by atoms with van der Waals surface area (Å²) in [6.07, 6.45) is 2.01. The lowest BCUT2D eigenvalue weighted by Crippen LogP contribution is -2.36. The molecule has 0 atom stereocenters. The van der Waals surface area contributed by atoms with Crippen molar-refractivity contribution in [3.63, 3.8) is 0 Å². The Hall–Kier alpha value is -0.350. The summed E-state index contributed by atoms with van der Waals surface area (Å²) in [5.41, 5.74) is 0.0343. The molecule has 0 aromatic carbocycles. The topological polar surface area (TPSA) is 27.1 Å². The summed E-state index contributed by atoms with van der Waals surface area (Å²) < 4.78 is 8.47. The number of rotatable bonds is 0. The highest BCUT2D eigenvalue weighted by Gasteiger charge is 2.28. The second-order valence-electron chi connectivity index (χ2n) is 3.66.